The summed E-state index contributed by atoms with van der Waals surface area (Å²) in [6.45, 7) is 3.29. The molecule has 0 saturated carbocycles. The molecule has 0 saturated heterocycles. The molecule has 0 bridgehead atoms. The average molecular weight is 385 g/mol. The summed E-state index contributed by atoms with van der Waals surface area (Å²) < 4.78 is 5.84. The largest absolute Gasteiger partial charge is 1.00 e. The summed E-state index contributed by atoms with van der Waals surface area (Å²) >= 11 is 0. The van der Waals surface area contributed by atoms with E-state index in [1.807, 2.05) is 21.1 Å². The zero-order valence-corrected chi connectivity index (χ0v) is 15.4. The van der Waals surface area contributed by atoms with Crippen LogP contribution in [-0.2, 0) is 9.53 Å². The van der Waals surface area contributed by atoms with Crippen LogP contribution >= 0.6 is 0 Å². The van der Waals surface area contributed by atoms with Gasteiger partial charge in [-0.15, -0.1) is 0 Å². The van der Waals surface area contributed by atoms with Crippen LogP contribution < -0.4 is 24.0 Å². The third-order valence-corrected chi connectivity index (χ3v) is 2.86. The molecular weight excluding hydrogens is 353 g/mol. The second kappa shape index (κ2) is 13.2. The first kappa shape index (κ1) is 21.5. The Morgan fingerprint density at radius 1 is 0.895 bits per heavy atom. The lowest BCUT2D eigenvalue weighted by Crippen LogP contribution is -3.00. The van der Waals surface area contributed by atoms with Crippen molar-refractivity contribution in [1.82, 2.24) is 0 Å². The maximum atomic E-state index is 11.4. The Bertz CT molecular complexity index is 215. The summed E-state index contributed by atoms with van der Waals surface area (Å²) in [5.74, 6) is -0.0783. The highest BCUT2D eigenvalue weighted by molar-refractivity contribution is 5.70. The lowest BCUT2D eigenvalue weighted by atomic mass is 10.1. The predicted molar refractivity (Wildman–Crippen MR) is 76.5 cm³/mol. The second-order valence-electron chi connectivity index (χ2n) is 6.14. The lowest BCUT2D eigenvalue weighted by Gasteiger charge is -2.22. The molecule has 0 aromatic heterocycles. The van der Waals surface area contributed by atoms with Crippen molar-refractivity contribution in [3.05, 3.63) is 0 Å². The number of nitrogens with zero attached hydrogens (tertiary/aromatic N) is 1. The van der Waals surface area contributed by atoms with E-state index in [9.17, 15) is 4.79 Å². The minimum absolute atomic E-state index is 0. The summed E-state index contributed by atoms with van der Waals surface area (Å²) in [7, 11) is 5.99. The van der Waals surface area contributed by atoms with Crippen molar-refractivity contribution >= 4 is 5.97 Å². The first-order valence-electron chi connectivity index (χ1n) is 7.42. The molecule has 0 aromatic carbocycles. The smallest absolute Gasteiger partial charge is 0.361 e. The van der Waals surface area contributed by atoms with E-state index in [0.717, 1.165) is 6.42 Å². The maximum absolute atomic E-state index is 11.4. The van der Waals surface area contributed by atoms with E-state index >= 15 is 0 Å². The molecule has 3 nitrogen and oxygen atoms in total. The molecule has 0 aliphatic heterocycles. The fraction of sp³-hybridized carbons (Fsp3) is 0.933. The van der Waals surface area contributed by atoms with Crippen LogP contribution in [0.15, 0.2) is 0 Å². The number of hydrogen-bond donors (Lipinski definition) is 0. The highest BCUT2D eigenvalue weighted by Crippen LogP contribution is 2.08. The van der Waals surface area contributed by atoms with Crippen molar-refractivity contribution in [3.8, 4) is 0 Å². The molecule has 0 radical (unpaired) electrons. The van der Waals surface area contributed by atoms with Crippen LogP contribution in [0, 0.1) is 0 Å². The van der Waals surface area contributed by atoms with Gasteiger partial charge in [-0.1, -0.05) is 51.9 Å². The van der Waals surface area contributed by atoms with Gasteiger partial charge >= 0.3 is 5.97 Å². The standard InChI is InChI=1S/C15H32NO2.HI/c1-5-6-7-8-9-10-11-12-13-18-15(17)14-16(2,3)4;/h5-14H2,1-4H3;1H/q+1;/p-1. The Balaban J connectivity index is 0. The Morgan fingerprint density at radius 3 is 1.84 bits per heavy atom. The van der Waals surface area contributed by atoms with Crippen LogP contribution in [0.25, 0.3) is 0 Å². The Morgan fingerprint density at radius 2 is 1.37 bits per heavy atom. The second-order valence-corrected chi connectivity index (χ2v) is 6.14. The van der Waals surface area contributed by atoms with Crippen LogP contribution in [0.3, 0.4) is 0 Å². The quantitative estimate of drug-likeness (QED) is 0.223. The summed E-state index contributed by atoms with van der Waals surface area (Å²) in [6.07, 6.45) is 10.2. The molecule has 0 spiro atoms. The number of esters is 1. The number of unbranched alkanes of at least 4 members (excludes halogenated alkanes) is 7. The van der Waals surface area contributed by atoms with Crippen molar-refractivity contribution in [2.24, 2.45) is 0 Å². The van der Waals surface area contributed by atoms with Gasteiger partial charge in [-0.05, 0) is 6.42 Å². The van der Waals surface area contributed by atoms with Crippen LogP contribution in [0.2, 0.25) is 0 Å². The van der Waals surface area contributed by atoms with Gasteiger partial charge in [-0.3, -0.25) is 0 Å². The molecule has 0 rings (SSSR count). The summed E-state index contributed by atoms with van der Waals surface area (Å²) in [6, 6.07) is 0. The Labute approximate surface area is 136 Å². The molecule has 0 amide bonds. The third-order valence-electron chi connectivity index (χ3n) is 2.86. The van der Waals surface area contributed by atoms with Crippen LogP contribution in [-0.4, -0.2) is 44.7 Å². The molecule has 4 heteroatoms. The van der Waals surface area contributed by atoms with Gasteiger partial charge in [0, 0.05) is 0 Å². The molecule has 0 aliphatic rings. The van der Waals surface area contributed by atoms with E-state index in [1.165, 1.54) is 44.9 Å². The minimum Gasteiger partial charge on any atom is -1.00 e. The van der Waals surface area contributed by atoms with Gasteiger partial charge in [-0.25, -0.2) is 4.79 Å². The van der Waals surface area contributed by atoms with E-state index in [-0.39, 0.29) is 29.9 Å². The predicted octanol–water partition coefficient (Wildman–Crippen LogP) is 0.381. The van der Waals surface area contributed by atoms with Crippen molar-refractivity contribution in [1.29, 1.82) is 0 Å². The number of rotatable bonds is 11. The fourth-order valence-corrected chi connectivity index (χ4v) is 1.85. The number of hydrogen-bond acceptors (Lipinski definition) is 2. The number of ether oxygens (including phenoxy) is 1. The molecule has 116 valence electrons. The number of carbonyl (C=O) groups is 1. The van der Waals surface area contributed by atoms with Crippen LogP contribution in [0.5, 0.6) is 0 Å². The van der Waals surface area contributed by atoms with Crippen molar-refractivity contribution < 1.29 is 38.0 Å². The molecule has 0 N–H and O–H groups in total. The third kappa shape index (κ3) is 18.2. The van der Waals surface area contributed by atoms with Gasteiger partial charge in [0.05, 0.1) is 27.7 Å². The normalized spacial score (nSPS) is 10.9. The van der Waals surface area contributed by atoms with Gasteiger partial charge in [0.15, 0.2) is 6.54 Å². The maximum Gasteiger partial charge on any atom is 0.361 e. The van der Waals surface area contributed by atoms with Gasteiger partial charge in [0.1, 0.15) is 0 Å². The van der Waals surface area contributed by atoms with Crippen LogP contribution in [0.1, 0.15) is 58.3 Å². The summed E-state index contributed by atoms with van der Waals surface area (Å²) in [5, 5.41) is 0. The van der Waals surface area contributed by atoms with Gasteiger partial charge in [0.2, 0.25) is 0 Å². The van der Waals surface area contributed by atoms with Gasteiger partial charge in [-0.2, -0.15) is 0 Å². The number of carbonyl (C=O) groups excluding carboxylic acids is 1. The minimum atomic E-state index is -0.0783. The fourth-order valence-electron chi connectivity index (χ4n) is 1.85. The Hall–Kier alpha value is 0.160. The van der Waals surface area contributed by atoms with Crippen molar-refractivity contribution in [2.75, 3.05) is 34.3 Å². The summed E-state index contributed by atoms with van der Waals surface area (Å²) in [5.41, 5.74) is 0. The van der Waals surface area contributed by atoms with Gasteiger partial charge in [0.25, 0.3) is 0 Å². The highest BCUT2D eigenvalue weighted by atomic mass is 127. The molecule has 0 atom stereocenters. The van der Waals surface area contributed by atoms with Crippen molar-refractivity contribution in [2.45, 2.75) is 58.3 Å². The lowest BCUT2D eigenvalue weighted by molar-refractivity contribution is -0.862. The molecule has 0 aliphatic carbocycles. The monoisotopic (exact) mass is 385 g/mol. The zero-order chi connectivity index (χ0) is 13.9. The van der Waals surface area contributed by atoms with E-state index in [0.29, 0.717) is 17.6 Å². The number of halogens is 1. The van der Waals surface area contributed by atoms with Crippen molar-refractivity contribution in [3.63, 3.8) is 0 Å². The van der Waals surface area contributed by atoms with Crippen LogP contribution in [0.4, 0.5) is 0 Å². The molecule has 0 aromatic rings. The number of likely N-dealkylation sites (N-methyl/N-ethyl adjacent to an activating group) is 1. The SMILES string of the molecule is CCCCCCCCCCOC(=O)C[N+](C)(C)C.[I-]. The topological polar surface area (TPSA) is 26.3 Å². The molecule has 0 heterocycles. The number of quaternary nitrogens is 1. The Kier molecular flexibility index (Phi) is 14.9. The molecule has 19 heavy (non-hydrogen) atoms. The van der Waals surface area contributed by atoms with E-state index in [4.69, 9.17) is 4.74 Å². The molecular formula is C15H32INO2. The summed E-state index contributed by atoms with van der Waals surface area (Å²) in [4.78, 5) is 11.4. The zero-order valence-electron chi connectivity index (χ0n) is 13.2. The first-order chi connectivity index (χ1) is 8.45. The molecule has 0 fully saturated rings. The average Bonchev–Trinajstić information content (AvgIpc) is 2.24. The molecule has 0 unspecified atom stereocenters. The highest BCUT2D eigenvalue weighted by Gasteiger charge is 2.14. The van der Waals surface area contributed by atoms with E-state index in [1.54, 1.807) is 0 Å². The van der Waals surface area contributed by atoms with E-state index < -0.39 is 0 Å². The van der Waals surface area contributed by atoms with E-state index in [2.05, 4.69) is 6.92 Å². The first-order valence-corrected chi connectivity index (χ1v) is 7.42. The van der Waals surface area contributed by atoms with Gasteiger partial charge < -0.3 is 33.2 Å².